The summed E-state index contributed by atoms with van der Waals surface area (Å²) in [5.74, 6) is 0.761. The van der Waals surface area contributed by atoms with Crippen LogP contribution in [0.1, 0.15) is 24.3 Å². The lowest BCUT2D eigenvalue weighted by Gasteiger charge is -2.32. The zero-order valence-corrected chi connectivity index (χ0v) is 21.5. The summed E-state index contributed by atoms with van der Waals surface area (Å²) in [6.07, 6.45) is 4.30. The predicted molar refractivity (Wildman–Crippen MR) is 142 cm³/mol. The molecule has 194 valence electrons. The lowest BCUT2D eigenvalue weighted by atomic mass is 9.89. The number of amides is 2. The van der Waals surface area contributed by atoms with Gasteiger partial charge in [-0.2, -0.15) is 4.80 Å². The molecule has 6 rings (SSSR count). The number of tetrazole rings is 1. The molecule has 2 saturated heterocycles. The molecule has 11 heteroatoms. The molecule has 37 heavy (non-hydrogen) atoms. The van der Waals surface area contributed by atoms with Crippen LogP contribution < -0.4 is 5.32 Å². The van der Waals surface area contributed by atoms with Crippen LogP contribution >= 0.6 is 12.4 Å². The van der Waals surface area contributed by atoms with Crippen molar-refractivity contribution in [1.82, 2.24) is 39.9 Å². The van der Waals surface area contributed by atoms with Crippen molar-refractivity contribution in [2.75, 3.05) is 39.3 Å². The molecule has 2 amide bonds. The lowest BCUT2D eigenvalue weighted by Crippen LogP contribution is -2.40. The van der Waals surface area contributed by atoms with Crippen molar-refractivity contribution in [1.29, 1.82) is 0 Å². The van der Waals surface area contributed by atoms with Gasteiger partial charge in [-0.15, -0.1) is 22.6 Å². The number of carbonyl (C=O) groups excluding carboxylic acids is 1. The molecule has 1 N–H and O–H groups in total. The van der Waals surface area contributed by atoms with Crippen molar-refractivity contribution in [2.45, 2.75) is 18.8 Å². The molecule has 4 heterocycles. The SMILES string of the molecule is Cl.Cn1nnc(-c2ccc3c(c2)c(C2CCN(CCN4CCNC4=O)CC2)cn3-c2ccc(F)cc2)n1. The van der Waals surface area contributed by atoms with Crippen molar-refractivity contribution < 1.29 is 9.18 Å². The zero-order valence-electron chi connectivity index (χ0n) is 20.7. The van der Waals surface area contributed by atoms with Gasteiger partial charge in [-0.3, -0.25) is 0 Å². The second-order valence-electron chi connectivity index (χ2n) is 9.60. The molecule has 2 aromatic heterocycles. The minimum absolute atomic E-state index is 0. The van der Waals surface area contributed by atoms with E-state index in [2.05, 4.69) is 48.5 Å². The first-order valence-corrected chi connectivity index (χ1v) is 12.5. The van der Waals surface area contributed by atoms with E-state index >= 15 is 0 Å². The average molecular weight is 525 g/mol. The van der Waals surface area contributed by atoms with Crippen molar-refractivity contribution in [3.63, 3.8) is 0 Å². The molecular formula is C26H30ClFN8O. The van der Waals surface area contributed by atoms with Crippen molar-refractivity contribution in [3.05, 3.63) is 60.0 Å². The fraction of sp³-hybridized carbons (Fsp3) is 0.385. The summed E-state index contributed by atoms with van der Waals surface area (Å²) in [7, 11) is 1.76. The number of urea groups is 1. The fourth-order valence-electron chi connectivity index (χ4n) is 5.39. The number of fused-ring (bicyclic) bond motifs is 1. The number of nitrogens with zero attached hydrogens (tertiary/aromatic N) is 7. The third kappa shape index (κ3) is 5.03. The quantitative estimate of drug-likeness (QED) is 0.417. The van der Waals surface area contributed by atoms with Gasteiger partial charge in [0.2, 0.25) is 5.82 Å². The van der Waals surface area contributed by atoms with Gasteiger partial charge in [-0.25, -0.2) is 9.18 Å². The number of benzene rings is 2. The first-order chi connectivity index (χ1) is 17.5. The molecule has 2 aliphatic rings. The smallest absolute Gasteiger partial charge is 0.317 e. The molecule has 0 aliphatic carbocycles. The van der Waals surface area contributed by atoms with E-state index in [0.29, 0.717) is 11.7 Å². The minimum atomic E-state index is -0.245. The maximum Gasteiger partial charge on any atom is 0.317 e. The number of carbonyl (C=O) groups is 1. The summed E-state index contributed by atoms with van der Waals surface area (Å²) >= 11 is 0. The van der Waals surface area contributed by atoms with Crippen LogP contribution in [0.4, 0.5) is 9.18 Å². The highest BCUT2D eigenvalue weighted by Crippen LogP contribution is 2.37. The van der Waals surface area contributed by atoms with E-state index in [-0.39, 0.29) is 24.3 Å². The summed E-state index contributed by atoms with van der Waals surface area (Å²) in [5, 5.41) is 16.6. The van der Waals surface area contributed by atoms with Gasteiger partial charge in [0, 0.05) is 49.0 Å². The summed E-state index contributed by atoms with van der Waals surface area (Å²) in [6.45, 7) is 5.20. The maximum absolute atomic E-state index is 13.6. The average Bonchev–Trinajstić information content (AvgIpc) is 3.62. The second-order valence-corrected chi connectivity index (χ2v) is 9.60. The van der Waals surface area contributed by atoms with E-state index < -0.39 is 0 Å². The van der Waals surface area contributed by atoms with Crippen LogP contribution in [0.5, 0.6) is 0 Å². The van der Waals surface area contributed by atoms with Gasteiger partial charge in [-0.05, 0) is 85.1 Å². The van der Waals surface area contributed by atoms with Crippen LogP contribution in [0.25, 0.3) is 28.0 Å². The highest BCUT2D eigenvalue weighted by molar-refractivity contribution is 5.89. The van der Waals surface area contributed by atoms with Crippen LogP contribution in [0, 0.1) is 5.82 Å². The standard InChI is InChI=1S/C26H29FN8O.ClH/c1-32-30-25(29-31-32)19-2-7-24-22(16-19)23(17-35(24)21-5-3-20(27)4-6-21)18-8-11-33(12-9-18)14-15-34-13-10-28-26(34)36;/h2-7,16-18H,8-15H2,1H3,(H,28,36);1H. The Morgan fingerprint density at radius 2 is 1.84 bits per heavy atom. The highest BCUT2D eigenvalue weighted by Gasteiger charge is 2.26. The topological polar surface area (TPSA) is 84.1 Å². The number of nitrogens with one attached hydrogen (secondary N) is 1. The molecule has 0 bridgehead atoms. The third-order valence-electron chi connectivity index (χ3n) is 7.37. The van der Waals surface area contributed by atoms with Crippen molar-refractivity contribution >= 4 is 29.3 Å². The Morgan fingerprint density at radius 3 is 2.51 bits per heavy atom. The Morgan fingerprint density at radius 1 is 1.05 bits per heavy atom. The van der Waals surface area contributed by atoms with Gasteiger partial charge in [0.25, 0.3) is 0 Å². The lowest BCUT2D eigenvalue weighted by molar-refractivity contribution is 0.181. The molecule has 0 radical (unpaired) electrons. The summed E-state index contributed by atoms with van der Waals surface area (Å²) in [5.41, 5.74) is 4.22. The van der Waals surface area contributed by atoms with Gasteiger partial charge in [0.15, 0.2) is 0 Å². The minimum Gasteiger partial charge on any atom is -0.336 e. The molecule has 2 aromatic carbocycles. The molecule has 0 unspecified atom stereocenters. The molecule has 2 fully saturated rings. The number of hydrogen-bond acceptors (Lipinski definition) is 5. The molecule has 0 saturated carbocycles. The fourth-order valence-corrected chi connectivity index (χ4v) is 5.39. The monoisotopic (exact) mass is 524 g/mol. The van der Waals surface area contributed by atoms with Crippen LogP contribution in [0.3, 0.4) is 0 Å². The maximum atomic E-state index is 13.6. The summed E-state index contributed by atoms with van der Waals surface area (Å²) in [4.78, 5) is 17.6. The van der Waals surface area contributed by atoms with E-state index in [4.69, 9.17) is 0 Å². The predicted octanol–water partition coefficient (Wildman–Crippen LogP) is 3.59. The number of halogens is 2. The summed E-state index contributed by atoms with van der Waals surface area (Å²) < 4.78 is 15.8. The Bertz CT molecular complexity index is 1390. The van der Waals surface area contributed by atoms with E-state index in [1.807, 2.05) is 23.1 Å². The highest BCUT2D eigenvalue weighted by atomic mass is 35.5. The number of hydrogen-bond donors (Lipinski definition) is 1. The zero-order chi connectivity index (χ0) is 24.6. The van der Waals surface area contributed by atoms with Gasteiger partial charge >= 0.3 is 6.03 Å². The van der Waals surface area contributed by atoms with E-state index in [9.17, 15) is 9.18 Å². The molecular weight excluding hydrogens is 495 g/mol. The summed E-state index contributed by atoms with van der Waals surface area (Å²) in [6, 6.07) is 12.9. The van der Waals surface area contributed by atoms with Gasteiger partial charge in [-0.1, -0.05) is 0 Å². The van der Waals surface area contributed by atoms with E-state index in [1.165, 1.54) is 22.5 Å². The molecule has 9 nitrogen and oxygen atoms in total. The molecule has 0 atom stereocenters. The number of likely N-dealkylation sites (tertiary alicyclic amines) is 1. The Labute approximate surface area is 220 Å². The number of piperidine rings is 1. The van der Waals surface area contributed by atoms with E-state index in [0.717, 1.165) is 74.3 Å². The largest absolute Gasteiger partial charge is 0.336 e. The Hall–Kier alpha value is -3.50. The van der Waals surface area contributed by atoms with Gasteiger partial charge in [0.05, 0.1) is 12.6 Å². The van der Waals surface area contributed by atoms with Crippen molar-refractivity contribution in [3.8, 4) is 17.1 Å². The molecule has 2 aliphatic heterocycles. The van der Waals surface area contributed by atoms with Gasteiger partial charge < -0.3 is 19.7 Å². The number of aryl methyl sites for hydroxylation is 1. The van der Waals surface area contributed by atoms with Crippen LogP contribution in [0.15, 0.2) is 48.7 Å². The van der Waals surface area contributed by atoms with Crippen LogP contribution in [0.2, 0.25) is 0 Å². The normalized spacial score (nSPS) is 16.8. The van der Waals surface area contributed by atoms with Crippen molar-refractivity contribution in [2.24, 2.45) is 7.05 Å². The Balaban J connectivity index is 0.00000280. The molecule has 4 aromatic rings. The van der Waals surface area contributed by atoms with Gasteiger partial charge in [0.1, 0.15) is 5.82 Å². The third-order valence-corrected chi connectivity index (χ3v) is 7.37. The number of rotatable bonds is 6. The Kier molecular flexibility index (Phi) is 7.12. The van der Waals surface area contributed by atoms with E-state index in [1.54, 1.807) is 7.05 Å². The first-order valence-electron chi connectivity index (χ1n) is 12.5. The molecule has 0 spiro atoms. The second kappa shape index (κ2) is 10.5. The van der Waals surface area contributed by atoms with Crippen LogP contribution in [-0.4, -0.2) is 79.9 Å². The van der Waals surface area contributed by atoms with Crippen LogP contribution in [-0.2, 0) is 7.05 Å². The first kappa shape index (κ1) is 25.2. The number of aromatic nitrogens is 5.